The van der Waals surface area contributed by atoms with Crippen molar-refractivity contribution in [2.24, 2.45) is 0 Å². The lowest BCUT2D eigenvalue weighted by molar-refractivity contribution is 0.174. The summed E-state index contributed by atoms with van der Waals surface area (Å²) in [4.78, 5) is 0.325. The summed E-state index contributed by atoms with van der Waals surface area (Å²) in [5.41, 5.74) is 0.513. The Kier molecular flexibility index (Phi) is 1.61. The number of ether oxygens (including phenoxy) is 2. The summed E-state index contributed by atoms with van der Waals surface area (Å²) in [7, 11) is -3.44. The van der Waals surface area contributed by atoms with E-state index in [1.165, 1.54) is 4.31 Å². The Hall–Kier alpha value is -1.69. The van der Waals surface area contributed by atoms with Crippen molar-refractivity contribution < 1.29 is 17.9 Å². The Labute approximate surface area is 105 Å². The monoisotopic (exact) mass is 265 g/mol. The Bertz CT molecular complexity index is 694. The Morgan fingerprint density at radius 3 is 2.78 bits per heavy atom. The van der Waals surface area contributed by atoms with Gasteiger partial charge < -0.3 is 9.47 Å². The average molecular weight is 265 g/mol. The molecular weight excluding hydrogens is 254 g/mol. The standard InChI is InChI=1S/C12H11NO4S/c1-12-2-3-13(6-12)18(14,15)11-5-10-9(4-8(11)12)16-7-17-10/h2-5H,6-7H2,1H3/t12-/m1/s1. The van der Waals surface area contributed by atoms with Crippen LogP contribution in [0, 0.1) is 0 Å². The number of benzene rings is 1. The Morgan fingerprint density at radius 2 is 2.00 bits per heavy atom. The summed E-state index contributed by atoms with van der Waals surface area (Å²) in [5.74, 6) is 1.13. The van der Waals surface area contributed by atoms with Crippen molar-refractivity contribution in [1.82, 2.24) is 4.31 Å². The maximum atomic E-state index is 12.4. The highest BCUT2D eigenvalue weighted by molar-refractivity contribution is 7.89. The first kappa shape index (κ1) is 10.3. The van der Waals surface area contributed by atoms with Crippen LogP contribution in [0.1, 0.15) is 12.5 Å². The molecule has 3 aliphatic heterocycles. The third-order valence-corrected chi connectivity index (χ3v) is 5.53. The summed E-state index contributed by atoms with van der Waals surface area (Å²) >= 11 is 0. The van der Waals surface area contributed by atoms with Crippen LogP contribution >= 0.6 is 0 Å². The number of fused-ring (bicyclic) bond motifs is 5. The predicted molar refractivity (Wildman–Crippen MR) is 62.9 cm³/mol. The zero-order valence-corrected chi connectivity index (χ0v) is 10.5. The molecule has 4 rings (SSSR count). The van der Waals surface area contributed by atoms with E-state index in [2.05, 4.69) is 0 Å². The molecule has 18 heavy (non-hydrogen) atoms. The van der Waals surface area contributed by atoms with Crippen LogP contribution in [0.3, 0.4) is 0 Å². The van der Waals surface area contributed by atoms with Crippen molar-refractivity contribution in [3.8, 4) is 11.5 Å². The van der Waals surface area contributed by atoms with Crippen LogP contribution in [0.5, 0.6) is 11.5 Å². The molecule has 0 saturated heterocycles. The minimum absolute atomic E-state index is 0.147. The van der Waals surface area contributed by atoms with E-state index in [4.69, 9.17) is 9.47 Å². The fourth-order valence-corrected chi connectivity index (χ4v) is 4.46. The molecule has 0 N–H and O–H groups in total. The fourth-order valence-electron chi connectivity index (χ4n) is 2.73. The van der Waals surface area contributed by atoms with Gasteiger partial charge in [-0.1, -0.05) is 13.0 Å². The molecule has 0 fully saturated rings. The average Bonchev–Trinajstić information content (AvgIpc) is 2.91. The molecule has 0 spiro atoms. The van der Waals surface area contributed by atoms with E-state index in [0.29, 0.717) is 22.9 Å². The van der Waals surface area contributed by atoms with Crippen molar-refractivity contribution in [2.75, 3.05) is 13.3 Å². The first-order chi connectivity index (χ1) is 8.51. The molecule has 0 unspecified atom stereocenters. The second-order valence-electron chi connectivity index (χ2n) is 4.99. The second kappa shape index (κ2) is 2.83. The van der Waals surface area contributed by atoms with Crippen molar-refractivity contribution in [1.29, 1.82) is 0 Å². The Morgan fingerprint density at radius 1 is 1.28 bits per heavy atom. The van der Waals surface area contributed by atoms with Gasteiger partial charge in [-0.2, -0.15) is 0 Å². The quantitative estimate of drug-likeness (QED) is 0.707. The lowest BCUT2D eigenvalue weighted by Crippen LogP contribution is -2.39. The molecule has 3 aliphatic rings. The SMILES string of the molecule is C[C@@]12C=CN(C1)S(=O)(=O)c1cc3c(cc12)OCO3. The molecule has 0 saturated carbocycles. The van der Waals surface area contributed by atoms with Gasteiger partial charge in [0.2, 0.25) is 6.79 Å². The van der Waals surface area contributed by atoms with Gasteiger partial charge in [0.1, 0.15) is 0 Å². The molecular formula is C12H11NO4S. The largest absolute Gasteiger partial charge is 0.454 e. The molecule has 3 heterocycles. The van der Waals surface area contributed by atoms with Crippen molar-refractivity contribution in [3.05, 3.63) is 30.0 Å². The molecule has 1 aromatic rings. The number of hydrogen-bond donors (Lipinski definition) is 0. The highest BCUT2D eigenvalue weighted by atomic mass is 32.2. The first-order valence-electron chi connectivity index (χ1n) is 5.66. The highest BCUT2D eigenvalue weighted by Gasteiger charge is 2.46. The van der Waals surface area contributed by atoms with Gasteiger partial charge in [-0.15, -0.1) is 0 Å². The maximum Gasteiger partial charge on any atom is 0.264 e. The fraction of sp³-hybridized carbons (Fsp3) is 0.333. The van der Waals surface area contributed by atoms with Crippen LogP contribution in [-0.4, -0.2) is 26.1 Å². The first-order valence-corrected chi connectivity index (χ1v) is 7.10. The van der Waals surface area contributed by atoms with Crippen molar-refractivity contribution in [3.63, 3.8) is 0 Å². The maximum absolute atomic E-state index is 12.4. The van der Waals surface area contributed by atoms with Crippen molar-refractivity contribution in [2.45, 2.75) is 17.2 Å². The molecule has 1 aromatic carbocycles. The van der Waals surface area contributed by atoms with E-state index in [-0.39, 0.29) is 12.2 Å². The minimum atomic E-state index is -3.44. The molecule has 0 aromatic heterocycles. The smallest absolute Gasteiger partial charge is 0.264 e. The number of hydrogen-bond acceptors (Lipinski definition) is 4. The predicted octanol–water partition coefficient (Wildman–Crippen LogP) is 1.20. The molecule has 0 amide bonds. The van der Waals surface area contributed by atoms with E-state index in [1.54, 1.807) is 18.3 Å². The molecule has 5 nitrogen and oxygen atoms in total. The van der Waals surface area contributed by atoms with Gasteiger partial charge >= 0.3 is 0 Å². The third-order valence-electron chi connectivity index (χ3n) is 3.77. The third kappa shape index (κ3) is 1.04. The van der Waals surface area contributed by atoms with E-state index in [9.17, 15) is 8.42 Å². The molecule has 1 atom stereocenters. The zero-order valence-electron chi connectivity index (χ0n) is 9.71. The molecule has 0 radical (unpaired) electrons. The lowest BCUT2D eigenvalue weighted by atomic mass is 9.83. The summed E-state index contributed by atoms with van der Waals surface area (Å²) in [5, 5.41) is 0. The van der Waals surface area contributed by atoms with Crippen LogP contribution in [0.15, 0.2) is 29.3 Å². The zero-order chi connectivity index (χ0) is 12.5. The normalized spacial score (nSPS) is 29.5. The van der Waals surface area contributed by atoms with Gasteiger partial charge in [-0.05, 0) is 11.6 Å². The topological polar surface area (TPSA) is 55.8 Å². The van der Waals surface area contributed by atoms with Gasteiger partial charge in [0, 0.05) is 24.2 Å². The van der Waals surface area contributed by atoms with Crippen LogP contribution in [-0.2, 0) is 15.4 Å². The number of rotatable bonds is 0. The van der Waals surface area contributed by atoms with Crippen LogP contribution < -0.4 is 9.47 Å². The van der Waals surface area contributed by atoms with Gasteiger partial charge in [-0.3, -0.25) is 4.31 Å². The Balaban J connectivity index is 2.09. The van der Waals surface area contributed by atoms with Gasteiger partial charge in [0.05, 0.1) is 4.90 Å². The van der Waals surface area contributed by atoms with E-state index < -0.39 is 10.0 Å². The summed E-state index contributed by atoms with van der Waals surface area (Å²) < 4.78 is 36.7. The molecule has 2 bridgehead atoms. The molecule has 94 valence electrons. The highest BCUT2D eigenvalue weighted by Crippen LogP contribution is 2.47. The van der Waals surface area contributed by atoms with Gasteiger partial charge in [0.15, 0.2) is 11.5 Å². The van der Waals surface area contributed by atoms with E-state index in [1.807, 2.05) is 13.0 Å². The van der Waals surface area contributed by atoms with Crippen molar-refractivity contribution >= 4 is 10.0 Å². The van der Waals surface area contributed by atoms with E-state index >= 15 is 0 Å². The van der Waals surface area contributed by atoms with Crippen LogP contribution in [0.25, 0.3) is 0 Å². The lowest BCUT2D eigenvalue weighted by Gasteiger charge is -2.33. The summed E-state index contributed by atoms with van der Waals surface area (Å²) in [6, 6.07) is 3.37. The minimum Gasteiger partial charge on any atom is -0.454 e. The number of sulfonamides is 1. The summed E-state index contributed by atoms with van der Waals surface area (Å²) in [6.07, 6.45) is 3.57. The molecule has 6 heteroatoms. The molecule has 0 aliphatic carbocycles. The van der Waals surface area contributed by atoms with Gasteiger partial charge in [0.25, 0.3) is 10.0 Å². The van der Waals surface area contributed by atoms with Gasteiger partial charge in [-0.25, -0.2) is 8.42 Å². The number of nitrogens with zero attached hydrogens (tertiary/aromatic N) is 1. The summed E-state index contributed by atoms with van der Waals surface area (Å²) in [6.45, 7) is 2.63. The van der Waals surface area contributed by atoms with Crippen LogP contribution in [0.2, 0.25) is 0 Å². The second-order valence-corrected chi connectivity index (χ2v) is 6.84. The van der Waals surface area contributed by atoms with E-state index in [0.717, 1.165) is 5.56 Å². The van der Waals surface area contributed by atoms with Crippen LogP contribution in [0.4, 0.5) is 0 Å².